The van der Waals surface area contributed by atoms with Crippen molar-refractivity contribution in [2.75, 3.05) is 19.0 Å². The van der Waals surface area contributed by atoms with Crippen LogP contribution in [0.2, 0.25) is 0 Å². The van der Waals surface area contributed by atoms with Crippen molar-refractivity contribution in [2.45, 2.75) is 12.2 Å². The first-order valence-corrected chi connectivity index (χ1v) is 8.94. The van der Waals surface area contributed by atoms with Crippen LogP contribution in [0.3, 0.4) is 0 Å². The zero-order valence-electron chi connectivity index (χ0n) is 11.0. The molecule has 0 saturated heterocycles. The molecule has 2 heterocycles. The van der Waals surface area contributed by atoms with Gasteiger partial charge in [-0.3, -0.25) is 4.21 Å². The van der Waals surface area contributed by atoms with Gasteiger partial charge in [0.15, 0.2) is 11.5 Å². The van der Waals surface area contributed by atoms with Gasteiger partial charge in [-0.25, -0.2) is 0 Å². The molecule has 0 spiro atoms. The number of hydrogen-bond acceptors (Lipinski definition) is 4. The zero-order valence-corrected chi connectivity index (χ0v) is 12.7. The Kier molecular flexibility index (Phi) is 4.38. The van der Waals surface area contributed by atoms with Crippen molar-refractivity contribution in [3.05, 3.63) is 46.2 Å². The van der Waals surface area contributed by atoms with E-state index in [0.29, 0.717) is 24.7 Å². The molecule has 0 bridgehead atoms. The summed E-state index contributed by atoms with van der Waals surface area (Å²) in [5.74, 6) is 2.75. The molecule has 3 nitrogen and oxygen atoms in total. The predicted octanol–water partition coefficient (Wildman–Crippen LogP) is 3.01. The Bertz CT molecular complexity index is 593. The van der Waals surface area contributed by atoms with Crippen LogP contribution in [-0.2, 0) is 23.0 Å². The summed E-state index contributed by atoms with van der Waals surface area (Å²) in [4.78, 5) is 1.29. The summed E-state index contributed by atoms with van der Waals surface area (Å²) >= 11 is 1.71. The molecule has 20 heavy (non-hydrogen) atoms. The molecule has 0 radical (unpaired) electrons. The van der Waals surface area contributed by atoms with Gasteiger partial charge in [0.25, 0.3) is 0 Å². The molecule has 2 aromatic rings. The highest BCUT2D eigenvalue weighted by Crippen LogP contribution is 2.34. The van der Waals surface area contributed by atoms with Gasteiger partial charge in [0.1, 0.15) is 13.2 Å². The van der Waals surface area contributed by atoms with Gasteiger partial charge in [-0.2, -0.15) is 0 Å². The van der Waals surface area contributed by atoms with Crippen molar-refractivity contribution in [2.24, 2.45) is 0 Å². The third-order valence-corrected chi connectivity index (χ3v) is 5.35. The fourth-order valence-electron chi connectivity index (χ4n) is 2.16. The Morgan fingerprint density at radius 3 is 2.90 bits per heavy atom. The minimum Gasteiger partial charge on any atom is -0.486 e. The first-order valence-electron chi connectivity index (χ1n) is 6.58. The van der Waals surface area contributed by atoms with Crippen LogP contribution in [0.15, 0.2) is 35.7 Å². The maximum atomic E-state index is 12.2. The van der Waals surface area contributed by atoms with Gasteiger partial charge in [0.2, 0.25) is 0 Å². The summed E-state index contributed by atoms with van der Waals surface area (Å²) in [7, 11) is -0.883. The number of fused-ring (bicyclic) bond motifs is 1. The number of para-hydroxylation sites is 1. The van der Waals surface area contributed by atoms with E-state index in [2.05, 4.69) is 11.4 Å². The van der Waals surface area contributed by atoms with Gasteiger partial charge < -0.3 is 9.47 Å². The van der Waals surface area contributed by atoms with Crippen LogP contribution in [-0.4, -0.2) is 23.2 Å². The van der Waals surface area contributed by atoms with Crippen LogP contribution < -0.4 is 9.47 Å². The molecule has 0 N–H and O–H groups in total. The molecule has 0 fully saturated rings. The fraction of sp³-hybridized carbons (Fsp3) is 0.333. The minimum absolute atomic E-state index is 0.526. The molecule has 0 aliphatic carbocycles. The topological polar surface area (TPSA) is 35.5 Å². The molecular formula is C15H16O3S2. The number of benzene rings is 1. The standard InChI is InChI=1S/C15H16O3S2/c16-20(10-6-13-4-2-9-19-13)11-12-3-1-5-14-15(12)18-8-7-17-14/h1-5,9H,6-8,10-11H2/t20-/m0/s1. The van der Waals surface area contributed by atoms with Gasteiger partial charge in [-0.15, -0.1) is 11.3 Å². The monoisotopic (exact) mass is 308 g/mol. The molecule has 0 saturated carbocycles. The number of aryl methyl sites for hydroxylation is 1. The van der Waals surface area contributed by atoms with Crippen LogP contribution in [0.5, 0.6) is 11.5 Å². The Balaban J connectivity index is 1.64. The second-order valence-corrected chi connectivity index (χ2v) is 7.17. The molecule has 0 unspecified atom stereocenters. The van der Waals surface area contributed by atoms with Gasteiger partial charge in [-0.05, 0) is 23.9 Å². The molecule has 1 aliphatic heterocycles. The quantitative estimate of drug-likeness (QED) is 0.852. The van der Waals surface area contributed by atoms with Crippen LogP contribution >= 0.6 is 11.3 Å². The molecule has 1 aromatic heterocycles. The van der Waals surface area contributed by atoms with Crippen molar-refractivity contribution in [3.63, 3.8) is 0 Å². The zero-order chi connectivity index (χ0) is 13.8. The van der Waals surface area contributed by atoms with Gasteiger partial charge in [0.05, 0.1) is 5.75 Å². The average molecular weight is 308 g/mol. The molecule has 0 amide bonds. The van der Waals surface area contributed by atoms with Crippen LogP contribution in [0.1, 0.15) is 10.4 Å². The summed E-state index contributed by atoms with van der Waals surface area (Å²) in [6, 6.07) is 9.91. The number of hydrogen-bond donors (Lipinski definition) is 0. The van der Waals surface area contributed by atoms with E-state index in [-0.39, 0.29) is 0 Å². The van der Waals surface area contributed by atoms with Crippen molar-refractivity contribution in [1.82, 2.24) is 0 Å². The van der Waals surface area contributed by atoms with Crippen LogP contribution in [0, 0.1) is 0 Å². The maximum Gasteiger partial charge on any atom is 0.165 e. The lowest BCUT2D eigenvalue weighted by molar-refractivity contribution is 0.170. The van der Waals surface area contributed by atoms with E-state index in [9.17, 15) is 4.21 Å². The summed E-state index contributed by atoms with van der Waals surface area (Å²) in [6.07, 6.45) is 0.872. The van der Waals surface area contributed by atoms with E-state index in [1.165, 1.54) is 4.88 Å². The fourth-order valence-corrected chi connectivity index (χ4v) is 4.17. The van der Waals surface area contributed by atoms with Gasteiger partial charge in [0, 0.05) is 27.0 Å². The van der Waals surface area contributed by atoms with Crippen molar-refractivity contribution in [1.29, 1.82) is 0 Å². The summed E-state index contributed by atoms with van der Waals surface area (Å²) in [5, 5.41) is 2.05. The van der Waals surface area contributed by atoms with Gasteiger partial charge in [-0.1, -0.05) is 18.2 Å². The molecule has 1 aromatic carbocycles. The van der Waals surface area contributed by atoms with E-state index in [0.717, 1.165) is 23.5 Å². The second-order valence-electron chi connectivity index (χ2n) is 4.56. The third kappa shape index (κ3) is 3.22. The van der Waals surface area contributed by atoms with E-state index in [1.807, 2.05) is 24.3 Å². The van der Waals surface area contributed by atoms with E-state index < -0.39 is 10.8 Å². The largest absolute Gasteiger partial charge is 0.486 e. The lowest BCUT2D eigenvalue weighted by Crippen LogP contribution is -2.17. The molecule has 5 heteroatoms. The molecule has 106 valence electrons. The molecule has 1 aliphatic rings. The van der Waals surface area contributed by atoms with Crippen molar-refractivity contribution >= 4 is 22.1 Å². The highest BCUT2D eigenvalue weighted by molar-refractivity contribution is 7.84. The predicted molar refractivity (Wildman–Crippen MR) is 82.2 cm³/mol. The maximum absolute atomic E-state index is 12.2. The highest BCUT2D eigenvalue weighted by atomic mass is 32.2. The first kappa shape index (κ1) is 13.6. The smallest absolute Gasteiger partial charge is 0.165 e. The lowest BCUT2D eigenvalue weighted by atomic mass is 10.2. The lowest BCUT2D eigenvalue weighted by Gasteiger charge is -2.20. The molecule has 1 atom stereocenters. The summed E-state index contributed by atoms with van der Waals surface area (Å²) in [6.45, 7) is 1.14. The molecule has 3 rings (SSSR count). The molecular weight excluding hydrogens is 292 g/mol. The highest BCUT2D eigenvalue weighted by Gasteiger charge is 2.16. The Labute approximate surface area is 125 Å². The van der Waals surface area contributed by atoms with Crippen LogP contribution in [0.25, 0.3) is 0 Å². The Hall–Kier alpha value is -1.33. The Morgan fingerprint density at radius 2 is 2.05 bits per heavy atom. The Morgan fingerprint density at radius 1 is 1.15 bits per heavy atom. The third-order valence-electron chi connectivity index (χ3n) is 3.12. The van der Waals surface area contributed by atoms with Crippen molar-refractivity contribution < 1.29 is 13.7 Å². The number of thiophene rings is 1. The van der Waals surface area contributed by atoms with E-state index in [1.54, 1.807) is 11.3 Å². The SMILES string of the molecule is O=[S@@](CCc1cccs1)Cc1cccc2c1OCCO2. The average Bonchev–Trinajstić information content (AvgIpc) is 2.99. The van der Waals surface area contributed by atoms with E-state index >= 15 is 0 Å². The van der Waals surface area contributed by atoms with Crippen molar-refractivity contribution in [3.8, 4) is 11.5 Å². The van der Waals surface area contributed by atoms with Crippen LogP contribution in [0.4, 0.5) is 0 Å². The number of rotatable bonds is 5. The summed E-state index contributed by atoms with van der Waals surface area (Å²) < 4.78 is 23.4. The van der Waals surface area contributed by atoms with Gasteiger partial charge >= 0.3 is 0 Å². The first-order chi connectivity index (χ1) is 9.83. The normalized spacial score (nSPS) is 15.0. The number of ether oxygens (including phenoxy) is 2. The van der Waals surface area contributed by atoms with E-state index in [4.69, 9.17) is 9.47 Å². The second kappa shape index (κ2) is 6.41. The summed E-state index contributed by atoms with van der Waals surface area (Å²) in [5.41, 5.74) is 0.978. The minimum atomic E-state index is -0.883.